The quantitative estimate of drug-likeness (QED) is 0.579. The second-order valence-electron chi connectivity index (χ2n) is 5.15. The van der Waals surface area contributed by atoms with Crippen molar-refractivity contribution < 1.29 is 13.9 Å². The minimum absolute atomic E-state index is 0.500. The van der Waals surface area contributed by atoms with Gasteiger partial charge in [0.25, 0.3) is 0 Å². The minimum Gasteiger partial charge on any atom is -0.497 e. The number of hydrogen-bond acceptors (Lipinski definition) is 7. The van der Waals surface area contributed by atoms with E-state index < -0.39 is 0 Å². The van der Waals surface area contributed by atoms with Crippen LogP contribution >= 0.6 is 0 Å². The first kappa shape index (κ1) is 16.6. The molecule has 0 saturated carbocycles. The van der Waals surface area contributed by atoms with E-state index in [1.807, 2.05) is 42.5 Å². The molecule has 130 valence electrons. The van der Waals surface area contributed by atoms with Gasteiger partial charge in [0.15, 0.2) is 0 Å². The molecule has 0 aliphatic rings. The number of aromatic nitrogens is 2. The fourth-order valence-corrected chi connectivity index (χ4v) is 2.14. The lowest BCUT2D eigenvalue weighted by atomic mass is 10.3. The molecule has 25 heavy (non-hydrogen) atoms. The summed E-state index contributed by atoms with van der Waals surface area (Å²) in [6.45, 7) is 1.66. The van der Waals surface area contributed by atoms with Gasteiger partial charge >= 0.3 is 0 Å². The largest absolute Gasteiger partial charge is 0.497 e. The zero-order valence-electron chi connectivity index (χ0n) is 13.9. The summed E-state index contributed by atoms with van der Waals surface area (Å²) in [5.74, 6) is 3.71. The molecule has 0 aliphatic carbocycles. The van der Waals surface area contributed by atoms with Gasteiger partial charge in [-0.3, -0.25) is 0 Å². The van der Waals surface area contributed by atoms with Crippen LogP contribution in [0.3, 0.4) is 0 Å². The van der Waals surface area contributed by atoms with Crippen molar-refractivity contribution in [3.05, 3.63) is 60.7 Å². The average molecular weight is 340 g/mol. The molecule has 3 rings (SSSR count). The van der Waals surface area contributed by atoms with Gasteiger partial charge in [0, 0.05) is 6.20 Å². The fraction of sp³-hybridized carbons (Fsp3) is 0.222. The van der Waals surface area contributed by atoms with E-state index >= 15 is 0 Å². The van der Waals surface area contributed by atoms with Crippen molar-refractivity contribution in [2.75, 3.05) is 30.9 Å². The van der Waals surface area contributed by atoms with E-state index in [0.29, 0.717) is 25.6 Å². The molecular formula is C18H20N4O3. The van der Waals surface area contributed by atoms with Crippen molar-refractivity contribution in [3.8, 4) is 11.5 Å². The number of benzene rings is 1. The SMILES string of the molecule is COc1ccc(OCCNc2nccc(NCc3ccco3)n2)cc1. The second-order valence-corrected chi connectivity index (χ2v) is 5.15. The second kappa shape index (κ2) is 8.58. The Hall–Kier alpha value is -3.22. The molecular weight excluding hydrogens is 320 g/mol. The summed E-state index contributed by atoms with van der Waals surface area (Å²) in [6.07, 6.45) is 3.34. The van der Waals surface area contributed by atoms with Crippen molar-refractivity contribution >= 4 is 11.8 Å². The zero-order chi connectivity index (χ0) is 17.3. The Morgan fingerprint density at radius 1 is 1.04 bits per heavy atom. The van der Waals surface area contributed by atoms with E-state index in [2.05, 4.69) is 20.6 Å². The van der Waals surface area contributed by atoms with Crippen molar-refractivity contribution in [2.45, 2.75) is 6.54 Å². The average Bonchev–Trinajstić information content (AvgIpc) is 3.18. The van der Waals surface area contributed by atoms with Crippen LogP contribution in [0.5, 0.6) is 11.5 Å². The first-order chi connectivity index (χ1) is 12.3. The van der Waals surface area contributed by atoms with Gasteiger partial charge in [-0.2, -0.15) is 4.98 Å². The van der Waals surface area contributed by atoms with Crippen LogP contribution in [0.2, 0.25) is 0 Å². The maximum Gasteiger partial charge on any atom is 0.224 e. The topological polar surface area (TPSA) is 81.4 Å². The van der Waals surface area contributed by atoms with Gasteiger partial charge in [-0.05, 0) is 42.5 Å². The summed E-state index contributed by atoms with van der Waals surface area (Å²) < 4.78 is 16.0. The maximum atomic E-state index is 5.65. The fourth-order valence-electron chi connectivity index (χ4n) is 2.14. The van der Waals surface area contributed by atoms with Crippen molar-refractivity contribution in [1.29, 1.82) is 0 Å². The molecule has 0 unspecified atom stereocenters. The maximum absolute atomic E-state index is 5.65. The highest BCUT2D eigenvalue weighted by Gasteiger charge is 2.01. The van der Waals surface area contributed by atoms with Gasteiger partial charge in [0.05, 0.1) is 26.5 Å². The highest BCUT2D eigenvalue weighted by atomic mass is 16.5. The van der Waals surface area contributed by atoms with Gasteiger partial charge < -0.3 is 24.5 Å². The number of hydrogen-bond donors (Lipinski definition) is 2. The van der Waals surface area contributed by atoms with Crippen LogP contribution in [0, 0.1) is 0 Å². The lowest BCUT2D eigenvalue weighted by Crippen LogP contribution is -2.14. The number of nitrogens with one attached hydrogen (secondary N) is 2. The first-order valence-electron chi connectivity index (χ1n) is 7.93. The van der Waals surface area contributed by atoms with E-state index in [1.54, 1.807) is 19.6 Å². The van der Waals surface area contributed by atoms with Crippen LogP contribution in [0.25, 0.3) is 0 Å². The van der Waals surface area contributed by atoms with Gasteiger partial charge in [0.2, 0.25) is 5.95 Å². The smallest absolute Gasteiger partial charge is 0.224 e. The van der Waals surface area contributed by atoms with Gasteiger partial charge in [-0.15, -0.1) is 0 Å². The normalized spacial score (nSPS) is 10.3. The summed E-state index contributed by atoms with van der Waals surface area (Å²) in [4.78, 5) is 8.59. The molecule has 0 aliphatic heterocycles. The van der Waals surface area contributed by atoms with Gasteiger partial charge in [0.1, 0.15) is 29.7 Å². The van der Waals surface area contributed by atoms with Crippen LogP contribution in [0.4, 0.5) is 11.8 Å². The predicted molar refractivity (Wildman–Crippen MR) is 95.0 cm³/mol. The molecule has 1 aromatic carbocycles. The van der Waals surface area contributed by atoms with Gasteiger partial charge in [-0.1, -0.05) is 0 Å². The molecule has 0 radical (unpaired) electrons. The molecule has 7 heteroatoms. The van der Waals surface area contributed by atoms with E-state index in [0.717, 1.165) is 23.1 Å². The molecule has 2 heterocycles. The van der Waals surface area contributed by atoms with E-state index in [1.165, 1.54) is 0 Å². The zero-order valence-corrected chi connectivity index (χ0v) is 13.9. The molecule has 0 saturated heterocycles. The number of ether oxygens (including phenoxy) is 2. The Morgan fingerprint density at radius 3 is 2.64 bits per heavy atom. The molecule has 3 aromatic rings. The van der Waals surface area contributed by atoms with E-state index in [4.69, 9.17) is 13.9 Å². The first-order valence-corrected chi connectivity index (χ1v) is 7.93. The summed E-state index contributed by atoms with van der Waals surface area (Å²) >= 11 is 0. The lowest BCUT2D eigenvalue weighted by molar-refractivity contribution is 0.331. The lowest BCUT2D eigenvalue weighted by Gasteiger charge is -2.09. The number of methoxy groups -OCH3 is 1. The van der Waals surface area contributed by atoms with Crippen molar-refractivity contribution in [2.24, 2.45) is 0 Å². The van der Waals surface area contributed by atoms with E-state index in [-0.39, 0.29) is 0 Å². The molecule has 2 aromatic heterocycles. The van der Waals surface area contributed by atoms with Crippen LogP contribution < -0.4 is 20.1 Å². The standard InChI is InChI=1S/C18H20N4O3/c1-23-14-4-6-15(7-5-14)25-12-10-20-18-19-9-8-17(22-18)21-13-16-3-2-11-24-16/h2-9,11H,10,12-13H2,1H3,(H2,19,20,21,22). The highest BCUT2D eigenvalue weighted by Crippen LogP contribution is 2.16. The summed E-state index contributed by atoms with van der Waals surface area (Å²) in [5.41, 5.74) is 0. The molecule has 0 bridgehead atoms. The molecule has 2 N–H and O–H groups in total. The third-order valence-electron chi connectivity index (χ3n) is 3.39. The van der Waals surface area contributed by atoms with Gasteiger partial charge in [-0.25, -0.2) is 4.98 Å². The Bertz CT molecular complexity index is 760. The summed E-state index contributed by atoms with van der Waals surface area (Å²) in [7, 11) is 1.64. The molecule has 0 atom stereocenters. The van der Waals surface area contributed by atoms with Crippen molar-refractivity contribution in [3.63, 3.8) is 0 Å². The molecule has 0 spiro atoms. The Balaban J connectivity index is 1.42. The Labute approximate surface area is 146 Å². The number of rotatable bonds is 9. The third kappa shape index (κ3) is 5.13. The molecule has 0 fully saturated rings. The summed E-state index contributed by atoms with van der Waals surface area (Å²) in [6, 6.07) is 13.0. The molecule has 7 nitrogen and oxygen atoms in total. The summed E-state index contributed by atoms with van der Waals surface area (Å²) in [5, 5.41) is 6.32. The van der Waals surface area contributed by atoms with Crippen LogP contribution in [0.15, 0.2) is 59.3 Å². The number of nitrogens with zero attached hydrogens (tertiary/aromatic N) is 2. The number of anilines is 2. The highest BCUT2D eigenvalue weighted by molar-refractivity contribution is 5.39. The Morgan fingerprint density at radius 2 is 1.88 bits per heavy atom. The molecule has 0 amide bonds. The predicted octanol–water partition coefficient (Wildman–Crippen LogP) is 3.18. The van der Waals surface area contributed by atoms with E-state index in [9.17, 15) is 0 Å². The third-order valence-corrected chi connectivity index (χ3v) is 3.39. The minimum atomic E-state index is 0.500. The van der Waals surface area contributed by atoms with Crippen LogP contribution in [-0.2, 0) is 6.54 Å². The Kier molecular flexibility index (Phi) is 5.71. The monoisotopic (exact) mass is 340 g/mol. The number of furan rings is 1. The van der Waals surface area contributed by atoms with Crippen LogP contribution in [-0.4, -0.2) is 30.2 Å². The van der Waals surface area contributed by atoms with Crippen molar-refractivity contribution in [1.82, 2.24) is 9.97 Å². The van der Waals surface area contributed by atoms with Crippen LogP contribution in [0.1, 0.15) is 5.76 Å².